The van der Waals surface area contributed by atoms with Gasteiger partial charge in [-0.25, -0.2) is 4.39 Å². The number of esters is 1. The van der Waals surface area contributed by atoms with Gasteiger partial charge < -0.3 is 23.7 Å². The molecule has 1 heterocycles. The quantitative estimate of drug-likeness (QED) is 0.416. The van der Waals surface area contributed by atoms with Crippen molar-refractivity contribution in [2.24, 2.45) is 0 Å². The molecule has 0 aromatic heterocycles. The van der Waals surface area contributed by atoms with E-state index in [-0.39, 0.29) is 24.1 Å². The maximum Gasteiger partial charge on any atom is 0.306 e. The monoisotopic (exact) mass is 464 g/mol. The average molecular weight is 464 g/mol. The molecule has 2 atom stereocenters. The Hall–Kier alpha value is -3.74. The molecule has 0 bridgehead atoms. The zero-order valence-corrected chi connectivity index (χ0v) is 19.0. The van der Waals surface area contributed by atoms with Gasteiger partial charge in [0.1, 0.15) is 40.7 Å². The standard InChI is InChI=1S/C27H25FO6/c1-30-17-4-3-5-18(13-17)33-23-11-9-22(28)27-21(23)8-10-24(27)34-19-6-7-20-16(12-26(29)31-2)15-32-25(20)14-19/h3-7,9,11,13-14,16,24H,8,10,12,15H2,1-2H3/t16?,24-/m1/s1. The molecule has 0 saturated carbocycles. The van der Waals surface area contributed by atoms with Crippen molar-refractivity contribution in [3.63, 3.8) is 0 Å². The van der Waals surface area contributed by atoms with Gasteiger partial charge in [-0.3, -0.25) is 4.79 Å². The van der Waals surface area contributed by atoms with Crippen LogP contribution in [0.1, 0.15) is 41.6 Å². The number of carbonyl (C=O) groups is 1. The third-order valence-electron chi connectivity index (χ3n) is 6.29. The minimum Gasteiger partial charge on any atom is -0.497 e. The summed E-state index contributed by atoms with van der Waals surface area (Å²) in [5.74, 6) is 2.56. The van der Waals surface area contributed by atoms with Gasteiger partial charge in [0.05, 0.1) is 27.2 Å². The molecule has 6 nitrogen and oxygen atoms in total. The first-order chi connectivity index (χ1) is 16.6. The Morgan fingerprint density at radius 3 is 2.74 bits per heavy atom. The smallest absolute Gasteiger partial charge is 0.306 e. The SMILES string of the molecule is COC(=O)CC1COc2cc(O[C@@H]3CCc4c(Oc5cccc(OC)c5)ccc(F)c43)ccc21. The summed E-state index contributed by atoms with van der Waals surface area (Å²) in [6.07, 6.45) is 1.10. The van der Waals surface area contributed by atoms with Gasteiger partial charge in [-0.15, -0.1) is 0 Å². The fourth-order valence-electron chi connectivity index (χ4n) is 4.60. The van der Waals surface area contributed by atoms with Gasteiger partial charge in [-0.05, 0) is 43.2 Å². The van der Waals surface area contributed by atoms with Gasteiger partial charge >= 0.3 is 5.97 Å². The molecule has 1 aliphatic carbocycles. The Bertz CT molecular complexity index is 1220. The predicted octanol–water partition coefficient (Wildman–Crippen LogP) is 5.73. The van der Waals surface area contributed by atoms with E-state index >= 15 is 0 Å². The summed E-state index contributed by atoms with van der Waals surface area (Å²) in [6.45, 7) is 0.416. The highest BCUT2D eigenvalue weighted by molar-refractivity contribution is 5.71. The van der Waals surface area contributed by atoms with Crippen molar-refractivity contribution in [1.29, 1.82) is 0 Å². The van der Waals surface area contributed by atoms with E-state index in [4.69, 9.17) is 23.7 Å². The zero-order valence-electron chi connectivity index (χ0n) is 19.0. The van der Waals surface area contributed by atoms with Crippen molar-refractivity contribution in [2.75, 3.05) is 20.8 Å². The summed E-state index contributed by atoms with van der Waals surface area (Å²) in [5, 5.41) is 0. The Balaban J connectivity index is 1.35. The van der Waals surface area contributed by atoms with E-state index < -0.39 is 6.10 Å². The lowest BCUT2D eigenvalue weighted by atomic mass is 9.98. The molecule has 34 heavy (non-hydrogen) atoms. The molecule has 1 aliphatic heterocycles. The van der Waals surface area contributed by atoms with Crippen LogP contribution in [-0.4, -0.2) is 26.8 Å². The van der Waals surface area contributed by atoms with Gasteiger partial charge in [0.15, 0.2) is 0 Å². The topological polar surface area (TPSA) is 63.2 Å². The van der Waals surface area contributed by atoms with Crippen molar-refractivity contribution >= 4 is 5.97 Å². The first kappa shape index (κ1) is 22.1. The summed E-state index contributed by atoms with van der Waals surface area (Å²) < 4.78 is 42.9. The van der Waals surface area contributed by atoms with E-state index in [0.717, 1.165) is 11.1 Å². The molecule has 0 radical (unpaired) electrons. The second-order valence-corrected chi connectivity index (χ2v) is 8.35. The number of methoxy groups -OCH3 is 2. The lowest BCUT2D eigenvalue weighted by molar-refractivity contribution is -0.141. The van der Waals surface area contributed by atoms with E-state index in [2.05, 4.69) is 0 Å². The van der Waals surface area contributed by atoms with Gasteiger partial charge in [0.25, 0.3) is 0 Å². The number of carbonyl (C=O) groups excluding carboxylic acids is 1. The van der Waals surface area contributed by atoms with Crippen LogP contribution >= 0.6 is 0 Å². The van der Waals surface area contributed by atoms with Gasteiger partial charge in [0, 0.05) is 34.7 Å². The third-order valence-corrected chi connectivity index (χ3v) is 6.29. The van der Waals surface area contributed by atoms with Crippen LogP contribution in [0.25, 0.3) is 0 Å². The molecule has 7 heteroatoms. The Labute approximate surface area is 197 Å². The molecule has 0 fully saturated rings. The molecular weight excluding hydrogens is 439 g/mol. The van der Waals surface area contributed by atoms with E-state index in [1.54, 1.807) is 25.3 Å². The van der Waals surface area contributed by atoms with Crippen LogP contribution in [-0.2, 0) is 16.0 Å². The third kappa shape index (κ3) is 4.25. The molecular formula is C27H25FO6. The number of benzene rings is 3. The molecule has 3 aromatic carbocycles. The maximum atomic E-state index is 14.9. The summed E-state index contributed by atoms with van der Waals surface area (Å²) in [6, 6.07) is 15.9. The Morgan fingerprint density at radius 2 is 1.91 bits per heavy atom. The first-order valence-corrected chi connectivity index (χ1v) is 11.2. The molecule has 5 rings (SSSR count). The van der Waals surface area contributed by atoms with Crippen molar-refractivity contribution in [2.45, 2.75) is 31.3 Å². The van der Waals surface area contributed by atoms with Gasteiger partial charge in [-0.1, -0.05) is 12.1 Å². The fraction of sp³-hybridized carbons (Fsp3) is 0.296. The molecule has 176 valence electrons. The van der Waals surface area contributed by atoms with Gasteiger partial charge in [0.2, 0.25) is 0 Å². The number of hydrogen-bond donors (Lipinski definition) is 0. The van der Waals surface area contributed by atoms with Crippen molar-refractivity contribution in [1.82, 2.24) is 0 Å². The molecule has 0 saturated heterocycles. The minimum atomic E-state index is -0.436. The highest BCUT2D eigenvalue weighted by Gasteiger charge is 2.32. The summed E-state index contributed by atoms with van der Waals surface area (Å²) in [5.41, 5.74) is 2.28. The Morgan fingerprint density at radius 1 is 1.06 bits per heavy atom. The van der Waals surface area contributed by atoms with E-state index in [9.17, 15) is 9.18 Å². The highest BCUT2D eigenvalue weighted by Crippen LogP contribution is 2.44. The van der Waals surface area contributed by atoms with Crippen molar-refractivity contribution in [3.05, 3.63) is 77.1 Å². The van der Waals surface area contributed by atoms with Crippen molar-refractivity contribution in [3.8, 4) is 28.7 Å². The van der Waals surface area contributed by atoms with Crippen LogP contribution in [0.5, 0.6) is 28.7 Å². The van der Waals surface area contributed by atoms with E-state index in [1.807, 2.05) is 30.3 Å². The van der Waals surface area contributed by atoms with Gasteiger partial charge in [-0.2, -0.15) is 0 Å². The second kappa shape index (κ2) is 9.25. The number of hydrogen-bond acceptors (Lipinski definition) is 6. The molecule has 0 spiro atoms. The minimum absolute atomic E-state index is 0.0440. The predicted molar refractivity (Wildman–Crippen MR) is 122 cm³/mol. The van der Waals surface area contributed by atoms with Crippen LogP contribution in [0.2, 0.25) is 0 Å². The zero-order chi connectivity index (χ0) is 23.7. The van der Waals surface area contributed by atoms with Crippen LogP contribution in [0.3, 0.4) is 0 Å². The average Bonchev–Trinajstić information content (AvgIpc) is 3.46. The molecule has 1 unspecified atom stereocenters. The van der Waals surface area contributed by atoms with Crippen LogP contribution in [0.4, 0.5) is 4.39 Å². The highest BCUT2D eigenvalue weighted by atomic mass is 19.1. The largest absolute Gasteiger partial charge is 0.497 e. The van der Waals surface area contributed by atoms with Crippen LogP contribution in [0, 0.1) is 5.82 Å². The number of fused-ring (bicyclic) bond motifs is 2. The summed E-state index contributed by atoms with van der Waals surface area (Å²) in [4.78, 5) is 11.6. The van der Waals surface area contributed by atoms with Crippen LogP contribution in [0.15, 0.2) is 54.6 Å². The number of halogens is 1. The van der Waals surface area contributed by atoms with E-state index in [0.29, 0.717) is 53.8 Å². The van der Waals surface area contributed by atoms with Crippen LogP contribution < -0.4 is 18.9 Å². The fourth-order valence-corrected chi connectivity index (χ4v) is 4.60. The number of rotatable bonds is 7. The maximum absolute atomic E-state index is 14.9. The summed E-state index contributed by atoms with van der Waals surface area (Å²) >= 11 is 0. The normalized spacial score (nSPS) is 18.0. The number of ether oxygens (including phenoxy) is 5. The van der Waals surface area contributed by atoms with Crippen molar-refractivity contribution < 1.29 is 32.9 Å². The second-order valence-electron chi connectivity index (χ2n) is 8.35. The molecule has 2 aliphatic rings. The molecule has 0 amide bonds. The lowest BCUT2D eigenvalue weighted by Gasteiger charge is -2.17. The molecule has 0 N–H and O–H groups in total. The van der Waals surface area contributed by atoms with E-state index in [1.165, 1.54) is 13.2 Å². The first-order valence-electron chi connectivity index (χ1n) is 11.2. The lowest BCUT2D eigenvalue weighted by Crippen LogP contribution is -2.09. The Kier molecular flexibility index (Phi) is 6.01. The molecule has 3 aromatic rings. The summed E-state index contributed by atoms with van der Waals surface area (Å²) in [7, 11) is 2.97.